The molecule has 2 aromatic rings. The largest absolute Gasteiger partial charge is 0.355 e. The molecule has 76 valence electrons. The van der Waals surface area contributed by atoms with Crippen LogP contribution < -0.4 is 5.32 Å². The summed E-state index contributed by atoms with van der Waals surface area (Å²) in [5.41, 5.74) is 2.33. The fourth-order valence-electron chi connectivity index (χ4n) is 1.48. The summed E-state index contributed by atoms with van der Waals surface area (Å²) < 4.78 is 0. The van der Waals surface area contributed by atoms with E-state index in [9.17, 15) is 4.79 Å². The number of rotatable bonds is 1. The summed E-state index contributed by atoms with van der Waals surface area (Å²) in [5.74, 6) is -0.104. The first-order chi connectivity index (χ1) is 7.22. The van der Waals surface area contributed by atoms with Crippen molar-refractivity contribution >= 4 is 16.8 Å². The zero-order valence-electron chi connectivity index (χ0n) is 8.61. The van der Waals surface area contributed by atoms with Gasteiger partial charge in [-0.3, -0.25) is 4.79 Å². The van der Waals surface area contributed by atoms with E-state index in [1.165, 1.54) is 6.33 Å². The quantitative estimate of drug-likeness (QED) is 0.756. The number of nitrogens with one attached hydrogen (secondary N) is 1. The van der Waals surface area contributed by atoms with Crippen molar-refractivity contribution in [2.45, 2.75) is 6.92 Å². The Labute approximate surface area is 87.4 Å². The predicted molar refractivity (Wildman–Crippen MR) is 57.7 cm³/mol. The zero-order chi connectivity index (χ0) is 10.8. The summed E-state index contributed by atoms with van der Waals surface area (Å²) in [7, 11) is 1.61. The minimum Gasteiger partial charge on any atom is -0.355 e. The van der Waals surface area contributed by atoms with Gasteiger partial charge in [-0.15, -0.1) is 0 Å². The first-order valence-electron chi connectivity index (χ1n) is 4.66. The van der Waals surface area contributed by atoms with E-state index in [2.05, 4.69) is 15.3 Å². The van der Waals surface area contributed by atoms with Gasteiger partial charge in [0.05, 0.1) is 5.52 Å². The highest BCUT2D eigenvalue weighted by Crippen LogP contribution is 2.15. The van der Waals surface area contributed by atoms with E-state index in [1.54, 1.807) is 19.2 Å². The number of hydrogen-bond donors (Lipinski definition) is 1. The molecule has 1 amide bonds. The second kappa shape index (κ2) is 3.65. The number of benzene rings is 1. The molecule has 0 atom stereocenters. The fraction of sp³-hybridized carbons (Fsp3) is 0.182. The van der Waals surface area contributed by atoms with E-state index < -0.39 is 0 Å². The Morgan fingerprint density at radius 1 is 1.33 bits per heavy atom. The molecule has 0 spiro atoms. The number of carbonyl (C=O) groups excluding carboxylic acids is 1. The van der Waals surface area contributed by atoms with E-state index in [4.69, 9.17) is 0 Å². The number of fused-ring (bicyclic) bond motifs is 1. The summed E-state index contributed by atoms with van der Waals surface area (Å²) in [6.45, 7) is 1.92. The smallest absolute Gasteiger partial charge is 0.251 e. The van der Waals surface area contributed by atoms with Crippen molar-refractivity contribution in [2.75, 3.05) is 7.05 Å². The highest BCUT2D eigenvalue weighted by Gasteiger charge is 2.05. The number of aromatic nitrogens is 2. The van der Waals surface area contributed by atoms with Crippen molar-refractivity contribution in [1.29, 1.82) is 0 Å². The molecule has 0 aliphatic heterocycles. The van der Waals surface area contributed by atoms with Gasteiger partial charge < -0.3 is 5.32 Å². The maximum atomic E-state index is 11.4. The second-order valence-corrected chi connectivity index (χ2v) is 3.27. The van der Waals surface area contributed by atoms with Crippen LogP contribution in [0.25, 0.3) is 10.9 Å². The lowest BCUT2D eigenvalue weighted by Gasteiger charge is -2.03. The van der Waals surface area contributed by atoms with Crippen LogP contribution in [-0.2, 0) is 0 Å². The SMILES string of the molecule is CNC(=O)c1ccc2c(C)ncnc2c1. The third-order valence-corrected chi connectivity index (χ3v) is 2.32. The Morgan fingerprint density at radius 2 is 2.13 bits per heavy atom. The molecule has 0 saturated heterocycles. The molecule has 0 bridgehead atoms. The summed E-state index contributed by atoms with van der Waals surface area (Å²) in [6, 6.07) is 5.41. The van der Waals surface area contributed by atoms with Gasteiger partial charge in [0.2, 0.25) is 0 Å². The maximum Gasteiger partial charge on any atom is 0.251 e. The Balaban J connectivity index is 2.62. The Hall–Kier alpha value is -1.97. The number of aryl methyl sites for hydroxylation is 1. The summed E-state index contributed by atoms with van der Waals surface area (Å²) >= 11 is 0. The molecule has 2 rings (SSSR count). The van der Waals surface area contributed by atoms with Gasteiger partial charge in [-0.2, -0.15) is 0 Å². The van der Waals surface area contributed by atoms with Gasteiger partial charge in [0.25, 0.3) is 5.91 Å². The molecule has 15 heavy (non-hydrogen) atoms. The van der Waals surface area contributed by atoms with E-state index in [0.29, 0.717) is 5.56 Å². The van der Waals surface area contributed by atoms with Gasteiger partial charge in [0.1, 0.15) is 6.33 Å². The molecule has 1 N–H and O–H groups in total. The fourth-order valence-corrected chi connectivity index (χ4v) is 1.48. The van der Waals surface area contributed by atoms with Crippen LogP contribution in [0.4, 0.5) is 0 Å². The lowest BCUT2D eigenvalue weighted by Crippen LogP contribution is -2.17. The number of hydrogen-bond acceptors (Lipinski definition) is 3. The van der Waals surface area contributed by atoms with Crippen LogP contribution in [0.2, 0.25) is 0 Å². The van der Waals surface area contributed by atoms with E-state index in [-0.39, 0.29) is 5.91 Å². The number of amides is 1. The Morgan fingerprint density at radius 3 is 2.87 bits per heavy atom. The minimum absolute atomic E-state index is 0.104. The molecule has 4 nitrogen and oxygen atoms in total. The lowest BCUT2D eigenvalue weighted by molar-refractivity contribution is 0.0963. The maximum absolute atomic E-state index is 11.4. The van der Waals surface area contributed by atoms with Gasteiger partial charge in [0, 0.05) is 23.7 Å². The normalized spacial score (nSPS) is 10.3. The molecule has 4 heteroatoms. The predicted octanol–water partition coefficient (Wildman–Crippen LogP) is 1.30. The highest BCUT2D eigenvalue weighted by atomic mass is 16.1. The van der Waals surface area contributed by atoms with Crippen LogP contribution in [0.15, 0.2) is 24.5 Å². The molecule has 0 radical (unpaired) electrons. The lowest BCUT2D eigenvalue weighted by atomic mass is 10.1. The molecule has 1 heterocycles. The van der Waals surface area contributed by atoms with Gasteiger partial charge in [0.15, 0.2) is 0 Å². The third kappa shape index (κ3) is 1.66. The standard InChI is InChI=1S/C11H11N3O/c1-7-9-4-3-8(11(15)12-2)5-10(9)14-6-13-7/h3-6H,1-2H3,(H,12,15). The third-order valence-electron chi connectivity index (χ3n) is 2.32. The molecule has 0 unspecified atom stereocenters. The van der Waals surface area contributed by atoms with Crippen LogP contribution in [0.5, 0.6) is 0 Å². The first kappa shape index (κ1) is 9.58. The molecular weight excluding hydrogens is 190 g/mol. The van der Waals surface area contributed by atoms with Gasteiger partial charge in [-0.1, -0.05) is 6.07 Å². The molecule has 0 aliphatic rings. The van der Waals surface area contributed by atoms with E-state index >= 15 is 0 Å². The van der Waals surface area contributed by atoms with Gasteiger partial charge in [-0.25, -0.2) is 9.97 Å². The second-order valence-electron chi connectivity index (χ2n) is 3.27. The van der Waals surface area contributed by atoms with Crippen LogP contribution in [0, 0.1) is 6.92 Å². The zero-order valence-corrected chi connectivity index (χ0v) is 8.61. The van der Waals surface area contributed by atoms with Crippen LogP contribution >= 0.6 is 0 Å². The van der Waals surface area contributed by atoms with E-state index in [1.807, 2.05) is 13.0 Å². The summed E-state index contributed by atoms with van der Waals surface area (Å²) in [6.07, 6.45) is 1.51. The van der Waals surface area contributed by atoms with Gasteiger partial charge in [-0.05, 0) is 19.1 Å². The molecule has 1 aromatic heterocycles. The van der Waals surface area contributed by atoms with Crippen molar-refractivity contribution < 1.29 is 4.79 Å². The average molecular weight is 201 g/mol. The van der Waals surface area contributed by atoms with Gasteiger partial charge >= 0.3 is 0 Å². The van der Waals surface area contributed by atoms with Crippen molar-refractivity contribution in [3.8, 4) is 0 Å². The Kier molecular flexibility index (Phi) is 2.33. The van der Waals surface area contributed by atoms with Crippen molar-refractivity contribution in [1.82, 2.24) is 15.3 Å². The molecule has 0 saturated carbocycles. The van der Waals surface area contributed by atoms with Crippen molar-refractivity contribution in [3.63, 3.8) is 0 Å². The highest BCUT2D eigenvalue weighted by molar-refractivity contribution is 5.97. The first-order valence-corrected chi connectivity index (χ1v) is 4.66. The number of nitrogens with zero attached hydrogens (tertiary/aromatic N) is 2. The minimum atomic E-state index is -0.104. The van der Waals surface area contributed by atoms with Crippen molar-refractivity contribution in [3.05, 3.63) is 35.8 Å². The molecule has 1 aromatic carbocycles. The molecular formula is C11H11N3O. The van der Waals surface area contributed by atoms with Crippen molar-refractivity contribution in [2.24, 2.45) is 0 Å². The molecule has 0 fully saturated rings. The van der Waals surface area contributed by atoms with Crippen LogP contribution in [-0.4, -0.2) is 22.9 Å². The summed E-state index contributed by atoms with van der Waals surface area (Å²) in [5, 5.41) is 3.56. The van der Waals surface area contributed by atoms with Crippen LogP contribution in [0.3, 0.4) is 0 Å². The monoisotopic (exact) mass is 201 g/mol. The summed E-state index contributed by atoms with van der Waals surface area (Å²) in [4.78, 5) is 19.6. The average Bonchev–Trinajstić information content (AvgIpc) is 2.28. The topological polar surface area (TPSA) is 54.9 Å². The Bertz CT molecular complexity index is 522. The molecule has 0 aliphatic carbocycles. The van der Waals surface area contributed by atoms with Crippen LogP contribution in [0.1, 0.15) is 16.1 Å². The van der Waals surface area contributed by atoms with E-state index in [0.717, 1.165) is 16.6 Å². The number of carbonyl (C=O) groups is 1.